The molecular formula is C23H32O2. The van der Waals surface area contributed by atoms with Crippen molar-refractivity contribution in [2.75, 3.05) is 0 Å². The minimum Gasteiger partial charge on any atom is -0.458 e. The predicted molar refractivity (Wildman–Crippen MR) is 105 cm³/mol. The van der Waals surface area contributed by atoms with E-state index in [0.29, 0.717) is 11.5 Å². The topological polar surface area (TPSA) is 26.3 Å². The Hall–Kier alpha value is -1.83. The highest BCUT2D eigenvalue weighted by Gasteiger charge is 2.35. The van der Waals surface area contributed by atoms with E-state index in [2.05, 4.69) is 59.8 Å². The first kappa shape index (κ1) is 19.5. The lowest BCUT2D eigenvalue weighted by molar-refractivity contribution is 0.00309. The first-order valence-electron chi connectivity index (χ1n) is 9.31. The highest BCUT2D eigenvalue weighted by Crippen LogP contribution is 2.44. The quantitative estimate of drug-likeness (QED) is 0.455. The number of benzene rings is 1. The SMILES string of the molecule is CC[C@H](OC(=O)c1ccccc1)C(C)(C)/C=C/[C@@H]1CC=C(C)C1(C)C. The fourth-order valence-corrected chi connectivity index (χ4v) is 3.48. The molecular weight excluding hydrogens is 308 g/mol. The van der Waals surface area contributed by atoms with Crippen molar-refractivity contribution >= 4 is 5.97 Å². The number of esters is 1. The van der Waals surface area contributed by atoms with Crippen molar-refractivity contribution in [1.29, 1.82) is 0 Å². The Balaban J connectivity index is 2.08. The van der Waals surface area contributed by atoms with Crippen LogP contribution in [0.2, 0.25) is 0 Å². The molecule has 2 rings (SSSR count). The van der Waals surface area contributed by atoms with Crippen LogP contribution in [0, 0.1) is 16.7 Å². The number of hydrogen-bond acceptors (Lipinski definition) is 2. The van der Waals surface area contributed by atoms with E-state index in [4.69, 9.17) is 4.74 Å². The molecule has 0 aliphatic heterocycles. The van der Waals surface area contributed by atoms with Crippen molar-refractivity contribution < 1.29 is 9.53 Å². The van der Waals surface area contributed by atoms with Crippen LogP contribution >= 0.6 is 0 Å². The van der Waals surface area contributed by atoms with Gasteiger partial charge in [-0.25, -0.2) is 4.79 Å². The van der Waals surface area contributed by atoms with Gasteiger partial charge in [0.1, 0.15) is 6.10 Å². The standard InChI is InChI=1S/C23H32O2/c1-7-20(25-21(24)18-11-9-8-10-12-18)22(3,4)16-15-19-14-13-17(2)23(19,5)6/h8-13,15-16,19-20H,7,14H2,1-6H3/b16-15+/t19-,20-/m0/s1. The lowest BCUT2D eigenvalue weighted by Gasteiger charge is -2.32. The van der Waals surface area contributed by atoms with Crippen molar-refractivity contribution in [3.05, 3.63) is 59.7 Å². The predicted octanol–water partition coefficient (Wildman–Crippen LogP) is 6.20. The fraction of sp³-hybridized carbons (Fsp3) is 0.522. The number of allylic oxidation sites excluding steroid dienone is 3. The molecule has 0 heterocycles. The van der Waals surface area contributed by atoms with Crippen LogP contribution in [0.1, 0.15) is 64.7 Å². The molecule has 0 amide bonds. The van der Waals surface area contributed by atoms with Crippen LogP contribution in [0.15, 0.2) is 54.1 Å². The van der Waals surface area contributed by atoms with Crippen molar-refractivity contribution in [3.63, 3.8) is 0 Å². The van der Waals surface area contributed by atoms with E-state index in [1.54, 1.807) is 12.1 Å². The Kier molecular flexibility index (Phi) is 5.92. The Bertz CT molecular complexity index is 650. The van der Waals surface area contributed by atoms with Gasteiger partial charge in [0, 0.05) is 5.41 Å². The molecule has 0 radical (unpaired) electrons. The molecule has 0 fully saturated rings. The smallest absolute Gasteiger partial charge is 0.338 e. The van der Waals surface area contributed by atoms with Crippen LogP contribution in [-0.2, 0) is 4.74 Å². The summed E-state index contributed by atoms with van der Waals surface area (Å²) < 4.78 is 5.84. The van der Waals surface area contributed by atoms with E-state index < -0.39 is 0 Å². The summed E-state index contributed by atoms with van der Waals surface area (Å²) in [5.74, 6) is 0.265. The maximum Gasteiger partial charge on any atom is 0.338 e. The van der Waals surface area contributed by atoms with E-state index in [1.807, 2.05) is 18.2 Å². The number of ether oxygens (including phenoxy) is 1. The normalized spacial score (nSPS) is 21.2. The molecule has 2 nitrogen and oxygen atoms in total. The summed E-state index contributed by atoms with van der Waals surface area (Å²) in [6.07, 6.45) is 8.65. The average molecular weight is 341 g/mol. The largest absolute Gasteiger partial charge is 0.458 e. The number of carbonyl (C=O) groups excluding carboxylic acids is 1. The van der Waals surface area contributed by atoms with Crippen molar-refractivity contribution in [2.24, 2.45) is 16.7 Å². The van der Waals surface area contributed by atoms with Gasteiger partial charge in [0.15, 0.2) is 0 Å². The van der Waals surface area contributed by atoms with Gasteiger partial charge in [-0.2, -0.15) is 0 Å². The molecule has 1 aliphatic rings. The third-order valence-corrected chi connectivity index (χ3v) is 5.84. The molecule has 1 aromatic rings. The summed E-state index contributed by atoms with van der Waals surface area (Å²) in [6, 6.07) is 9.22. The van der Waals surface area contributed by atoms with E-state index in [9.17, 15) is 4.79 Å². The Morgan fingerprint density at radius 2 is 1.96 bits per heavy atom. The summed E-state index contributed by atoms with van der Waals surface area (Å²) in [4.78, 5) is 12.4. The van der Waals surface area contributed by atoms with Gasteiger partial charge in [-0.05, 0) is 43.2 Å². The molecule has 0 spiro atoms. The molecule has 25 heavy (non-hydrogen) atoms. The van der Waals surface area contributed by atoms with Gasteiger partial charge in [-0.1, -0.05) is 76.6 Å². The number of carbonyl (C=O) groups is 1. The molecule has 0 saturated carbocycles. The van der Waals surface area contributed by atoms with Crippen molar-refractivity contribution in [1.82, 2.24) is 0 Å². The minimum atomic E-state index is -0.243. The maximum absolute atomic E-state index is 12.4. The summed E-state index contributed by atoms with van der Waals surface area (Å²) in [6.45, 7) is 13.2. The number of rotatable bonds is 6. The Morgan fingerprint density at radius 3 is 2.48 bits per heavy atom. The molecule has 0 saturated heterocycles. The second-order valence-corrected chi connectivity index (χ2v) is 8.30. The highest BCUT2D eigenvalue weighted by atomic mass is 16.5. The van der Waals surface area contributed by atoms with Gasteiger partial charge in [-0.3, -0.25) is 0 Å². The lowest BCUT2D eigenvalue weighted by atomic mass is 9.75. The second-order valence-electron chi connectivity index (χ2n) is 8.30. The first-order chi connectivity index (χ1) is 11.7. The van der Waals surface area contributed by atoms with Gasteiger partial charge >= 0.3 is 5.97 Å². The van der Waals surface area contributed by atoms with Crippen LogP contribution in [0.4, 0.5) is 0 Å². The summed E-state index contributed by atoms with van der Waals surface area (Å²) in [5.41, 5.74) is 2.07. The third-order valence-electron chi connectivity index (χ3n) is 5.84. The zero-order chi connectivity index (χ0) is 18.7. The fourth-order valence-electron chi connectivity index (χ4n) is 3.48. The molecule has 0 unspecified atom stereocenters. The molecule has 0 aromatic heterocycles. The van der Waals surface area contributed by atoms with Gasteiger partial charge in [0.2, 0.25) is 0 Å². The number of hydrogen-bond donors (Lipinski definition) is 0. The maximum atomic E-state index is 12.4. The molecule has 2 atom stereocenters. The lowest BCUT2D eigenvalue weighted by Crippen LogP contribution is -2.32. The minimum absolute atomic E-state index is 0.143. The van der Waals surface area contributed by atoms with Crippen LogP contribution < -0.4 is 0 Å². The van der Waals surface area contributed by atoms with E-state index in [0.717, 1.165) is 12.8 Å². The Labute approximate surface area is 153 Å². The monoisotopic (exact) mass is 340 g/mol. The van der Waals surface area contributed by atoms with Crippen LogP contribution in [0.5, 0.6) is 0 Å². The van der Waals surface area contributed by atoms with E-state index in [1.165, 1.54) is 5.57 Å². The summed E-state index contributed by atoms with van der Waals surface area (Å²) in [7, 11) is 0. The highest BCUT2D eigenvalue weighted by molar-refractivity contribution is 5.89. The molecule has 1 aliphatic carbocycles. The van der Waals surface area contributed by atoms with Gasteiger partial charge < -0.3 is 4.74 Å². The first-order valence-corrected chi connectivity index (χ1v) is 9.31. The zero-order valence-electron chi connectivity index (χ0n) is 16.5. The summed E-state index contributed by atoms with van der Waals surface area (Å²) in [5, 5.41) is 0. The van der Waals surface area contributed by atoms with Gasteiger partial charge in [0.25, 0.3) is 0 Å². The van der Waals surface area contributed by atoms with E-state index in [-0.39, 0.29) is 22.9 Å². The van der Waals surface area contributed by atoms with Crippen LogP contribution in [-0.4, -0.2) is 12.1 Å². The van der Waals surface area contributed by atoms with E-state index >= 15 is 0 Å². The molecule has 136 valence electrons. The van der Waals surface area contributed by atoms with Crippen LogP contribution in [0.25, 0.3) is 0 Å². The third kappa shape index (κ3) is 4.42. The van der Waals surface area contributed by atoms with Crippen LogP contribution in [0.3, 0.4) is 0 Å². The molecule has 1 aromatic carbocycles. The van der Waals surface area contributed by atoms with Gasteiger partial charge in [-0.15, -0.1) is 0 Å². The molecule has 0 bridgehead atoms. The molecule has 0 N–H and O–H groups in total. The Morgan fingerprint density at radius 1 is 1.32 bits per heavy atom. The van der Waals surface area contributed by atoms with Gasteiger partial charge in [0.05, 0.1) is 5.56 Å². The average Bonchev–Trinajstić information content (AvgIpc) is 2.84. The summed E-state index contributed by atoms with van der Waals surface area (Å²) >= 11 is 0. The van der Waals surface area contributed by atoms with Crippen molar-refractivity contribution in [3.8, 4) is 0 Å². The molecule has 2 heteroatoms. The zero-order valence-corrected chi connectivity index (χ0v) is 16.5. The van der Waals surface area contributed by atoms with Crippen molar-refractivity contribution in [2.45, 2.75) is 60.5 Å². The second kappa shape index (κ2) is 7.59.